The third kappa shape index (κ3) is 5.93. The molecule has 1 aromatic carbocycles. The number of carboxylic acid groups (broad SMARTS) is 1. The van der Waals surface area contributed by atoms with Crippen LogP contribution in [0, 0.1) is 0 Å². The molecule has 2 N–H and O–H groups in total. The van der Waals surface area contributed by atoms with Gasteiger partial charge in [0.2, 0.25) is 0 Å². The lowest BCUT2D eigenvalue weighted by atomic mass is 10.1. The largest absolute Gasteiger partial charge is 0.493 e. The minimum atomic E-state index is -0.719. The summed E-state index contributed by atoms with van der Waals surface area (Å²) < 4.78 is 10.4. The summed E-state index contributed by atoms with van der Waals surface area (Å²) in [6.45, 7) is 1.65. The van der Waals surface area contributed by atoms with Crippen molar-refractivity contribution >= 4 is 5.97 Å². The van der Waals surface area contributed by atoms with Gasteiger partial charge in [0.15, 0.2) is 11.5 Å². The molecular formula is C15H23NO4. The molecular weight excluding hydrogens is 258 g/mol. The number of carbonyl (C=O) groups is 1. The molecule has 0 unspecified atom stereocenters. The monoisotopic (exact) mass is 281 g/mol. The van der Waals surface area contributed by atoms with Crippen LogP contribution in [-0.4, -0.2) is 31.8 Å². The number of hydrogen-bond acceptors (Lipinski definition) is 4. The van der Waals surface area contributed by atoms with Crippen LogP contribution in [0.25, 0.3) is 0 Å². The van der Waals surface area contributed by atoms with Crippen molar-refractivity contribution in [2.75, 3.05) is 20.8 Å². The topological polar surface area (TPSA) is 67.8 Å². The molecule has 0 aliphatic heterocycles. The van der Waals surface area contributed by atoms with Crippen LogP contribution in [0.5, 0.6) is 11.5 Å². The fourth-order valence-electron chi connectivity index (χ4n) is 1.93. The van der Waals surface area contributed by atoms with Crippen LogP contribution >= 0.6 is 0 Å². The predicted molar refractivity (Wildman–Crippen MR) is 77.4 cm³/mol. The van der Waals surface area contributed by atoms with E-state index in [0.29, 0.717) is 0 Å². The van der Waals surface area contributed by atoms with Crippen LogP contribution in [-0.2, 0) is 11.3 Å². The standard InChI is InChI=1S/C15H23NO4/c1-19-13-8-7-12(10-14(13)20-2)11-16-9-5-3-4-6-15(17)18/h7-8,10,16H,3-6,9,11H2,1-2H3,(H,17,18). The molecule has 5 nitrogen and oxygen atoms in total. The molecule has 0 saturated carbocycles. The Morgan fingerprint density at radius 3 is 2.55 bits per heavy atom. The summed E-state index contributed by atoms with van der Waals surface area (Å²) in [4.78, 5) is 10.3. The van der Waals surface area contributed by atoms with E-state index in [1.807, 2.05) is 18.2 Å². The molecule has 0 atom stereocenters. The van der Waals surface area contributed by atoms with Gasteiger partial charge in [-0.15, -0.1) is 0 Å². The number of hydrogen-bond donors (Lipinski definition) is 2. The molecule has 0 amide bonds. The number of unbranched alkanes of at least 4 members (excludes halogenated alkanes) is 2. The number of benzene rings is 1. The van der Waals surface area contributed by atoms with E-state index in [1.54, 1.807) is 14.2 Å². The second-order valence-electron chi connectivity index (χ2n) is 4.57. The van der Waals surface area contributed by atoms with Gasteiger partial charge in [-0.05, 0) is 37.1 Å². The molecule has 0 bridgehead atoms. The van der Waals surface area contributed by atoms with Crippen molar-refractivity contribution in [3.05, 3.63) is 23.8 Å². The molecule has 0 aliphatic carbocycles. The van der Waals surface area contributed by atoms with E-state index in [-0.39, 0.29) is 6.42 Å². The summed E-state index contributed by atoms with van der Waals surface area (Å²) in [7, 11) is 3.24. The SMILES string of the molecule is COc1ccc(CNCCCCCC(=O)O)cc1OC. The van der Waals surface area contributed by atoms with Crippen LogP contribution < -0.4 is 14.8 Å². The van der Waals surface area contributed by atoms with Gasteiger partial charge >= 0.3 is 5.97 Å². The Morgan fingerprint density at radius 2 is 1.90 bits per heavy atom. The molecule has 0 fully saturated rings. The molecule has 0 aliphatic rings. The van der Waals surface area contributed by atoms with Crippen LogP contribution in [0.2, 0.25) is 0 Å². The van der Waals surface area contributed by atoms with E-state index in [4.69, 9.17) is 14.6 Å². The maximum Gasteiger partial charge on any atom is 0.303 e. The van der Waals surface area contributed by atoms with Gasteiger partial charge in [0.1, 0.15) is 0 Å². The van der Waals surface area contributed by atoms with E-state index < -0.39 is 5.97 Å². The highest BCUT2D eigenvalue weighted by Crippen LogP contribution is 2.27. The second-order valence-corrected chi connectivity index (χ2v) is 4.57. The van der Waals surface area contributed by atoms with Crippen molar-refractivity contribution in [3.8, 4) is 11.5 Å². The lowest BCUT2D eigenvalue weighted by Gasteiger charge is -2.10. The van der Waals surface area contributed by atoms with Gasteiger partial charge in [0, 0.05) is 13.0 Å². The zero-order chi connectivity index (χ0) is 14.8. The Hall–Kier alpha value is -1.75. The van der Waals surface area contributed by atoms with Gasteiger partial charge in [0.25, 0.3) is 0 Å². The van der Waals surface area contributed by atoms with Crippen molar-refractivity contribution in [3.63, 3.8) is 0 Å². The number of rotatable bonds is 10. The maximum atomic E-state index is 10.3. The summed E-state index contributed by atoms with van der Waals surface area (Å²) in [5.41, 5.74) is 1.13. The molecule has 0 radical (unpaired) electrons. The minimum absolute atomic E-state index is 0.260. The molecule has 1 rings (SSSR count). The summed E-state index contributed by atoms with van der Waals surface area (Å²) in [5.74, 6) is 0.737. The van der Waals surface area contributed by atoms with Gasteiger partial charge in [-0.2, -0.15) is 0 Å². The first kappa shape index (κ1) is 16.3. The highest BCUT2D eigenvalue weighted by atomic mass is 16.5. The van der Waals surface area contributed by atoms with Gasteiger partial charge < -0.3 is 19.9 Å². The lowest BCUT2D eigenvalue weighted by Crippen LogP contribution is -2.14. The highest BCUT2D eigenvalue weighted by molar-refractivity contribution is 5.66. The number of aliphatic carboxylic acids is 1. The van der Waals surface area contributed by atoms with E-state index in [9.17, 15) is 4.79 Å². The maximum absolute atomic E-state index is 10.3. The molecule has 112 valence electrons. The van der Waals surface area contributed by atoms with Crippen LogP contribution in [0.4, 0.5) is 0 Å². The minimum Gasteiger partial charge on any atom is -0.493 e. The van der Waals surface area contributed by atoms with Crippen LogP contribution in [0.15, 0.2) is 18.2 Å². The van der Waals surface area contributed by atoms with Gasteiger partial charge in [-0.25, -0.2) is 0 Å². The summed E-state index contributed by atoms with van der Waals surface area (Å²) >= 11 is 0. The Balaban J connectivity index is 2.23. The summed E-state index contributed by atoms with van der Waals surface area (Å²) in [6, 6.07) is 5.84. The first-order chi connectivity index (χ1) is 9.67. The van der Waals surface area contributed by atoms with Crippen LogP contribution in [0.1, 0.15) is 31.2 Å². The number of nitrogens with one attached hydrogen (secondary N) is 1. The zero-order valence-corrected chi connectivity index (χ0v) is 12.1. The highest BCUT2D eigenvalue weighted by Gasteiger charge is 2.04. The number of methoxy groups -OCH3 is 2. The fraction of sp³-hybridized carbons (Fsp3) is 0.533. The molecule has 5 heteroatoms. The van der Waals surface area contributed by atoms with E-state index in [0.717, 1.165) is 49.4 Å². The second kappa shape index (κ2) is 9.20. The molecule has 20 heavy (non-hydrogen) atoms. The molecule has 0 aromatic heterocycles. The zero-order valence-electron chi connectivity index (χ0n) is 12.1. The fourth-order valence-corrected chi connectivity index (χ4v) is 1.93. The number of ether oxygens (including phenoxy) is 2. The van der Waals surface area contributed by atoms with Crippen molar-refractivity contribution in [2.24, 2.45) is 0 Å². The van der Waals surface area contributed by atoms with Crippen molar-refractivity contribution < 1.29 is 19.4 Å². The van der Waals surface area contributed by atoms with E-state index in [2.05, 4.69) is 5.32 Å². The quantitative estimate of drug-likeness (QED) is 0.645. The summed E-state index contributed by atoms with van der Waals surface area (Å²) in [6.07, 6.45) is 2.93. The Bertz CT molecular complexity index is 420. The average molecular weight is 281 g/mol. The van der Waals surface area contributed by atoms with Crippen molar-refractivity contribution in [1.82, 2.24) is 5.32 Å². The molecule has 0 heterocycles. The number of carboxylic acids is 1. The Morgan fingerprint density at radius 1 is 1.15 bits per heavy atom. The van der Waals surface area contributed by atoms with Gasteiger partial charge in [-0.3, -0.25) is 4.79 Å². The molecule has 0 spiro atoms. The van der Waals surface area contributed by atoms with E-state index in [1.165, 1.54) is 0 Å². The van der Waals surface area contributed by atoms with Crippen molar-refractivity contribution in [1.29, 1.82) is 0 Å². The first-order valence-corrected chi connectivity index (χ1v) is 6.80. The van der Waals surface area contributed by atoms with E-state index >= 15 is 0 Å². The summed E-state index contributed by atoms with van der Waals surface area (Å²) in [5, 5.41) is 11.9. The average Bonchev–Trinajstić information content (AvgIpc) is 2.45. The Labute approximate surface area is 119 Å². The third-order valence-electron chi connectivity index (χ3n) is 3.02. The molecule has 1 aromatic rings. The predicted octanol–water partition coefficient (Wildman–Crippen LogP) is 2.44. The first-order valence-electron chi connectivity index (χ1n) is 6.80. The smallest absolute Gasteiger partial charge is 0.303 e. The van der Waals surface area contributed by atoms with Gasteiger partial charge in [-0.1, -0.05) is 12.5 Å². The molecule has 0 saturated heterocycles. The lowest BCUT2D eigenvalue weighted by molar-refractivity contribution is -0.137. The third-order valence-corrected chi connectivity index (χ3v) is 3.02. The van der Waals surface area contributed by atoms with Gasteiger partial charge in [0.05, 0.1) is 14.2 Å². The van der Waals surface area contributed by atoms with Crippen LogP contribution in [0.3, 0.4) is 0 Å². The Kier molecular flexibility index (Phi) is 7.50. The normalized spacial score (nSPS) is 10.3. The van der Waals surface area contributed by atoms with Crippen molar-refractivity contribution in [2.45, 2.75) is 32.2 Å².